The predicted octanol–water partition coefficient (Wildman–Crippen LogP) is 4.70. The molecule has 0 saturated heterocycles. The van der Waals surface area contributed by atoms with E-state index < -0.39 is 17.3 Å². The first-order chi connectivity index (χ1) is 14.3. The van der Waals surface area contributed by atoms with Crippen molar-refractivity contribution in [3.63, 3.8) is 0 Å². The fourth-order valence-corrected chi connectivity index (χ4v) is 10.5. The van der Waals surface area contributed by atoms with Crippen molar-refractivity contribution >= 4 is 41.6 Å². The van der Waals surface area contributed by atoms with Crippen molar-refractivity contribution in [3.05, 3.63) is 58.1 Å². The summed E-state index contributed by atoms with van der Waals surface area (Å²) >= 11 is 6.37. The average Bonchev–Trinajstić information content (AvgIpc) is 2.94. The molecule has 0 N–H and O–H groups in total. The third-order valence-corrected chi connectivity index (χ3v) is 11.8. The second kappa shape index (κ2) is 7.51. The van der Waals surface area contributed by atoms with Crippen molar-refractivity contribution < 1.29 is 19.1 Å². The van der Waals surface area contributed by atoms with Crippen LogP contribution in [0.3, 0.4) is 0 Å². The summed E-state index contributed by atoms with van der Waals surface area (Å²) in [5.74, 6) is -0.759. The summed E-state index contributed by atoms with van der Waals surface area (Å²) in [5.41, 5.74) is 4.89. The van der Waals surface area contributed by atoms with E-state index in [4.69, 9.17) is 21.3 Å². The van der Waals surface area contributed by atoms with Crippen LogP contribution in [0.5, 0.6) is 0 Å². The van der Waals surface area contributed by atoms with Crippen LogP contribution in [-0.4, -0.2) is 41.5 Å². The molecule has 3 aliphatic rings. The van der Waals surface area contributed by atoms with E-state index in [9.17, 15) is 9.59 Å². The SMILES string of the molecule is CCOC(=O)C1=C2c3ccccc3C=CN2C2(C(=O)OCC)CC(C)=C(C)CP12=S. The topological polar surface area (TPSA) is 55.8 Å². The number of rotatable bonds is 4. The molecule has 1 aromatic rings. The first kappa shape index (κ1) is 21.1. The Morgan fingerprint density at radius 3 is 2.53 bits per heavy atom. The average molecular weight is 444 g/mol. The van der Waals surface area contributed by atoms with Crippen LogP contribution in [0.15, 0.2) is 46.9 Å². The lowest BCUT2D eigenvalue weighted by Crippen LogP contribution is -2.51. The highest BCUT2D eigenvalue weighted by Gasteiger charge is 2.66. The van der Waals surface area contributed by atoms with E-state index >= 15 is 0 Å². The number of esters is 2. The van der Waals surface area contributed by atoms with Crippen molar-refractivity contribution in [2.75, 3.05) is 19.4 Å². The molecule has 0 saturated carbocycles. The molecule has 3 heterocycles. The van der Waals surface area contributed by atoms with Gasteiger partial charge in [-0.3, -0.25) is 0 Å². The fourth-order valence-electron chi connectivity index (χ4n) is 4.72. The molecule has 2 atom stereocenters. The van der Waals surface area contributed by atoms with E-state index in [2.05, 4.69) is 0 Å². The summed E-state index contributed by atoms with van der Waals surface area (Å²) < 4.78 is 11.1. The van der Waals surface area contributed by atoms with Crippen molar-refractivity contribution in [2.45, 2.75) is 39.4 Å². The second-order valence-electron chi connectivity index (χ2n) is 7.86. The Kier molecular flexibility index (Phi) is 5.27. The quantitative estimate of drug-likeness (QED) is 0.382. The van der Waals surface area contributed by atoms with Crippen molar-refractivity contribution in [1.82, 2.24) is 4.90 Å². The summed E-state index contributed by atoms with van der Waals surface area (Å²) in [7, 11) is 0. The Morgan fingerprint density at radius 1 is 1.13 bits per heavy atom. The molecule has 0 spiro atoms. The van der Waals surface area contributed by atoms with E-state index in [0.29, 0.717) is 23.6 Å². The zero-order valence-electron chi connectivity index (χ0n) is 17.7. The van der Waals surface area contributed by atoms with Gasteiger partial charge >= 0.3 is 11.9 Å². The molecule has 158 valence electrons. The predicted molar refractivity (Wildman–Crippen MR) is 122 cm³/mol. The first-order valence-electron chi connectivity index (χ1n) is 10.2. The van der Waals surface area contributed by atoms with E-state index in [1.165, 1.54) is 0 Å². The van der Waals surface area contributed by atoms with E-state index in [1.807, 2.05) is 55.3 Å². The highest BCUT2D eigenvalue weighted by molar-refractivity contribution is 8.18. The summed E-state index contributed by atoms with van der Waals surface area (Å²) in [6.45, 7) is 8.18. The number of benzene rings is 1. The zero-order valence-corrected chi connectivity index (χ0v) is 19.4. The van der Waals surface area contributed by atoms with E-state index in [-0.39, 0.29) is 19.2 Å². The molecule has 0 bridgehead atoms. The number of nitrogens with zero attached hydrogens (tertiary/aromatic N) is 1. The number of hydrogen-bond acceptors (Lipinski definition) is 6. The smallest absolute Gasteiger partial charge is 0.341 e. The van der Waals surface area contributed by atoms with Crippen LogP contribution in [0.2, 0.25) is 0 Å². The minimum Gasteiger partial charge on any atom is -0.464 e. The van der Waals surface area contributed by atoms with E-state index in [0.717, 1.165) is 22.3 Å². The third kappa shape index (κ3) is 2.70. The monoisotopic (exact) mass is 443 g/mol. The van der Waals surface area contributed by atoms with Crippen LogP contribution in [0.25, 0.3) is 11.8 Å². The van der Waals surface area contributed by atoms with Gasteiger partial charge in [-0.25, -0.2) is 9.59 Å². The maximum absolute atomic E-state index is 13.6. The summed E-state index contributed by atoms with van der Waals surface area (Å²) in [4.78, 5) is 28.9. The highest BCUT2D eigenvalue weighted by atomic mass is 32.4. The molecule has 4 rings (SSSR count). The molecule has 30 heavy (non-hydrogen) atoms. The van der Waals surface area contributed by atoms with E-state index in [1.54, 1.807) is 13.8 Å². The molecule has 7 heteroatoms. The summed E-state index contributed by atoms with van der Waals surface area (Å²) in [5, 5.41) is -0.598. The Labute approximate surface area is 182 Å². The van der Waals surface area contributed by atoms with Crippen LogP contribution in [-0.2, 0) is 30.9 Å². The van der Waals surface area contributed by atoms with Gasteiger partial charge in [-0.1, -0.05) is 47.2 Å². The molecule has 2 unspecified atom stereocenters. The van der Waals surface area contributed by atoms with Crippen LogP contribution in [0.4, 0.5) is 0 Å². The number of ether oxygens (including phenoxy) is 2. The molecule has 1 aromatic carbocycles. The Bertz CT molecular complexity index is 1090. The van der Waals surface area contributed by atoms with Crippen LogP contribution < -0.4 is 0 Å². The number of hydrogen-bond donors (Lipinski definition) is 0. The van der Waals surface area contributed by atoms with Crippen molar-refractivity contribution in [2.24, 2.45) is 0 Å². The fraction of sp³-hybridized carbons (Fsp3) is 0.391. The van der Waals surface area contributed by atoms with Gasteiger partial charge in [0.15, 0.2) is 5.28 Å². The Balaban J connectivity index is 2.07. The van der Waals surface area contributed by atoms with Gasteiger partial charge in [0.05, 0.1) is 24.2 Å². The maximum atomic E-state index is 13.6. The number of fused-ring (bicyclic) bond motifs is 5. The lowest BCUT2D eigenvalue weighted by atomic mass is 9.95. The molecule has 0 fully saturated rings. The first-order valence-corrected chi connectivity index (χ1v) is 13.2. The largest absolute Gasteiger partial charge is 0.464 e. The molecule has 5 nitrogen and oxygen atoms in total. The van der Waals surface area contributed by atoms with Gasteiger partial charge in [-0.2, -0.15) is 0 Å². The van der Waals surface area contributed by atoms with Gasteiger partial charge in [0.1, 0.15) is 0 Å². The third-order valence-electron chi connectivity index (χ3n) is 6.21. The molecular formula is C23H26NO4PS. The second-order valence-corrected chi connectivity index (χ2v) is 12.7. The molecule has 0 aliphatic carbocycles. The lowest BCUT2D eigenvalue weighted by Gasteiger charge is -2.46. The molecule has 0 aromatic heterocycles. The summed E-state index contributed by atoms with van der Waals surface area (Å²) in [6.07, 6.45) is 4.86. The van der Waals surface area contributed by atoms with Crippen LogP contribution in [0.1, 0.15) is 45.2 Å². The zero-order chi connectivity index (χ0) is 21.7. The maximum Gasteiger partial charge on any atom is 0.341 e. The van der Waals surface area contributed by atoms with Gasteiger partial charge in [-0.05, 0) is 39.3 Å². The standard InChI is InChI=1S/C23H26NO4PS/c1-5-27-21(25)20-19-18-10-8-7-9-17(18)11-12-24(19)23(22(26)28-6-2)13-15(3)16(4)14-29(20,23)30/h7-12H,5-6,13-14H2,1-4H3. The van der Waals surface area contributed by atoms with Crippen LogP contribution >= 0.6 is 6.04 Å². The Morgan fingerprint density at radius 2 is 1.83 bits per heavy atom. The Hall–Kier alpha value is -2.17. The number of carbonyl (C=O) groups excluding carboxylic acids is 2. The highest BCUT2D eigenvalue weighted by Crippen LogP contribution is 2.77. The number of carbonyl (C=O) groups is 2. The minimum atomic E-state index is -2.76. The molecular weight excluding hydrogens is 417 g/mol. The normalized spacial score (nSPS) is 26.9. The van der Waals surface area contributed by atoms with Crippen molar-refractivity contribution in [3.8, 4) is 0 Å². The van der Waals surface area contributed by atoms with Gasteiger partial charge in [-0.15, -0.1) is 0 Å². The van der Waals surface area contributed by atoms with Gasteiger partial charge in [0, 0.05) is 30.4 Å². The lowest BCUT2D eigenvalue weighted by molar-refractivity contribution is -0.149. The number of allylic oxidation sites excluding steroid dienone is 1. The van der Waals surface area contributed by atoms with Crippen molar-refractivity contribution in [1.29, 1.82) is 0 Å². The molecule has 0 amide bonds. The molecule has 3 aliphatic heterocycles. The van der Waals surface area contributed by atoms with Gasteiger partial charge in [0.2, 0.25) is 0 Å². The molecule has 0 radical (unpaired) electrons. The summed E-state index contributed by atoms with van der Waals surface area (Å²) in [6, 6.07) is 5.12. The van der Waals surface area contributed by atoms with Crippen LogP contribution in [0, 0.1) is 0 Å². The minimum absolute atomic E-state index is 0.253. The van der Waals surface area contributed by atoms with Gasteiger partial charge < -0.3 is 14.4 Å². The van der Waals surface area contributed by atoms with Gasteiger partial charge in [0.25, 0.3) is 0 Å².